The number of nitrogens with one attached hydrogen (secondary N) is 1. The molecule has 0 spiro atoms. The first-order valence-electron chi connectivity index (χ1n) is 10.3. The van der Waals surface area contributed by atoms with E-state index in [1.54, 1.807) is 0 Å². The van der Waals surface area contributed by atoms with E-state index in [1.165, 1.54) is 16.7 Å². The molecule has 2 aromatic rings. The van der Waals surface area contributed by atoms with Crippen molar-refractivity contribution < 1.29 is 25.2 Å². The Labute approximate surface area is 170 Å². The lowest BCUT2D eigenvalue weighted by molar-refractivity contribution is -0.231. The van der Waals surface area contributed by atoms with Crippen molar-refractivity contribution in [2.75, 3.05) is 13.2 Å². The van der Waals surface area contributed by atoms with Gasteiger partial charge in [0.25, 0.3) is 0 Å². The molecule has 6 heteroatoms. The van der Waals surface area contributed by atoms with Crippen LogP contribution in [0.15, 0.2) is 42.5 Å². The van der Waals surface area contributed by atoms with E-state index in [0.29, 0.717) is 0 Å². The summed E-state index contributed by atoms with van der Waals surface area (Å²) < 4.78 is 5.75. The van der Waals surface area contributed by atoms with E-state index >= 15 is 0 Å². The highest BCUT2D eigenvalue weighted by atomic mass is 16.5. The van der Waals surface area contributed by atoms with Crippen LogP contribution in [0.3, 0.4) is 0 Å². The molecule has 2 heterocycles. The van der Waals surface area contributed by atoms with Gasteiger partial charge in [-0.25, -0.2) is 0 Å². The van der Waals surface area contributed by atoms with Gasteiger partial charge in [0.1, 0.15) is 30.5 Å². The van der Waals surface area contributed by atoms with E-state index < -0.39 is 37.1 Å². The van der Waals surface area contributed by atoms with Crippen LogP contribution in [0.5, 0.6) is 0 Å². The van der Waals surface area contributed by atoms with Gasteiger partial charge in [-0.2, -0.15) is 0 Å². The summed E-state index contributed by atoms with van der Waals surface area (Å²) in [5, 5.41) is 43.7. The van der Waals surface area contributed by atoms with E-state index in [-0.39, 0.29) is 6.04 Å². The summed E-state index contributed by atoms with van der Waals surface area (Å²) >= 11 is 0. The van der Waals surface area contributed by atoms with Crippen molar-refractivity contribution in [2.45, 2.75) is 56.3 Å². The second kappa shape index (κ2) is 8.52. The zero-order valence-electron chi connectivity index (χ0n) is 16.5. The lowest BCUT2D eigenvalue weighted by Crippen LogP contribution is -2.55. The van der Waals surface area contributed by atoms with E-state index in [4.69, 9.17) is 4.74 Å². The molecule has 0 amide bonds. The van der Waals surface area contributed by atoms with Gasteiger partial charge in [0.2, 0.25) is 0 Å². The molecule has 1 saturated heterocycles. The van der Waals surface area contributed by atoms with Gasteiger partial charge >= 0.3 is 0 Å². The molecule has 6 nitrogen and oxygen atoms in total. The molecule has 2 aliphatic heterocycles. The highest BCUT2D eigenvalue weighted by molar-refractivity contribution is 5.43. The van der Waals surface area contributed by atoms with Crippen LogP contribution >= 0.6 is 0 Å². The van der Waals surface area contributed by atoms with Crippen molar-refractivity contribution in [3.8, 4) is 0 Å². The van der Waals surface area contributed by atoms with Crippen LogP contribution in [-0.2, 0) is 17.6 Å². The number of fused-ring (bicyclic) bond motifs is 1. The Kier molecular flexibility index (Phi) is 6.01. The van der Waals surface area contributed by atoms with Gasteiger partial charge in [-0.1, -0.05) is 49.4 Å². The van der Waals surface area contributed by atoms with Crippen LogP contribution in [0.25, 0.3) is 0 Å². The third-order valence-corrected chi connectivity index (χ3v) is 6.17. The molecule has 0 bridgehead atoms. The normalized spacial score (nSPS) is 32.0. The topological polar surface area (TPSA) is 102 Å². The average molecular weight is 399 g/mol. The first-order chi connectivity index (χ1) is 14.0. The Bertz CT molecular complexity index is 838. The third-order valence-electron chi connectivity index (χ3n) is 6.17. The summed E-state index contributed by atoms with van der Waals surface area (Å²) in [7, 11) is 0. The zero-order chi connectivity index (χ0) is 20.5. The number of aliphatic hydroxyl groups excluding tert-OH is 4. The second-order valence-electron chi connectivity index (χ2n) is 7.94. The summed E-state index contributed by atoms with van der Waals surface area (Å²) in [5.74, 6) is 0. The van der Waals surface area contributed by atoms with Crippen molar-refractivity contribution >= 4 is 0 Å². The average Bonchev–Trinajstić information content (AvgIpc) is 2.77. The quantitative estimate of drug-likeness (QED) is 0.526. The van der Waals surface area contributed by atoms with Crippen LogP contribution < -0.4 is 5.32 Å². The van der Waals surface area contributed by atoms with Gasteiger partial charge in [0, 0.05) is 6.54 Å². The fourth-order valence-corrected chi connectivity index (χ4v) is 4.37. The molecule has 0 aliphatic carbocycles. The van der Waals surface area contributed by atoms with Crippen molar-refractivity contribution in [1.82, 2.24) is 5.32 Å². The minimum atomic E-state index is -1.38. The standard InChI is InChI=1S/C23H29NO5/c1-2-13-3-5-15(6-4-13)19-17-11-16(8-7-14(17)9-10-24-19)23-22(28)21(27)20(26)18(12-25)29-23/h3-8,11,18-28H,2,9-10,12H2,1H3/t18-,19+,20-,21+,22-,23+/m1/s1. The highest BCUT2D eigenvalue weighted by Gasteiger charge is 2.44. The number of aliphatic hydroxyl groups is 4. The molecule has 0 aromatic heterocycles. The fourth-order valence-electron chi connectivity index (χ4n) is 4.37. The van der Waals surface area contributed by atoms with Gasteiger partial charge in [-0.3, -0.25) is 0 Å². The van der Waals surface area contributed by atoms with Crippen LogP contribution in [0.2, 0.25) is 0 Å². The summed E-state index contributed by atoms with van der Waals surface area (Å²) in [5.41, 5.74) is 5.55. The van der Waals surface area contributed by atoms with E-state index in [0.717, 1.165) is 30.5 Å². The molecule has 2 aromatic carbocycles. The predicted octanol–water partition coefficient (Wildman–Crippen LogP) is 0.999. The first-order valence-corrected chi connectivity index (χ1v) is 10.3. The van der Waals surface area contributed by atoms with Gasteiger partial charge in [0.05, 0.1) is 12.6 Å². The largest absolute Gasteiger partial charge is 0.394 e. The third kappa shape index (κ3) is 3.84. The highest BCUT2D eigenvalue weighted by Crippen LogP contribution is 2.36. The van der Waals surface area contributed by atoms with Gasteiger partial charge in [0.15, 0.2) is 0 Å². The van der Waals surface area contributed by atoms with Crippen LogP contribution in [-0.4, -0.2) is 58.0 Å². The fraction of sp³-hybridized carbons (Fsp3) is 0.478. The van der Waals surface area contributed by atoms with Crippen molar-refractivity contribution in [3.63, 3.8) is 0 Å². The molecule has 6 atom stereocenters. The summed E-state index contributed by atoms with van der Waals surface area (Å²) in [6.45, 7) is 2.59. The summed E-state index contributed by atoms with van der Waals surface area (Å²) in [6, 6.07) is 14.6. The van der Waals surface area contributed by atoms with E-state index in [2.05, 4.69) is 36.5 Å². The molecule has 29 heavy (non-hydrogen) atoms. The Balaban J connectivity index is 1.67. The Morgan fingerprint density at radius 1 is 0.966 bits per heavy atom. The molecular formula is C23H29NO5. The minimum absolute atomic E-state index is 0.0366. The lowest BCUT2D eigenvalue weighted by Gasteiger charge is -2.40. The molecule has 1 fully saturated rings. The first kappa shape index (κ1) is 20.5. The maximum Gasteiger partial charge on any atom is 0.113 e. The van der Waals surface area contributed by atoms with Crippen molar-refractivity contribution in [2.24, 2.45) is 0 Å². The number of ether oxygens (including phenoxy) is 1. The lowest BCUT2D eigenvalue weighted by atomic mass is 9.85. The molecule has 156 valence electrons. The number of benzene rings is 2. The number of hydrogen-bond acceptors (Lipinski definition) is 6. The number of rotatable bonds is 4. The smallest absolute Gasteiger partial charge is 0.113 e. The number of aryl methyl sites for hydroxylation is 1. The Morgan fingerprint density at radius 2 is 1.69 bits per heavy atom. The molecular weight excluding hydrogens is 370 g/mol. The molecule has 4 rings (SSSR count). The predicted molar refractivity (Wildman–Crippen MR) is 109 cm³/mol. The van der Waals surface area contributed by atoms with Crippen molar-refractivity contribution in [1.29, 1.82) is 0 Å². The van der Waals surface area contributed by atoms with Gasteiger partial charge in [-0.15, -0.1) is 0 Å². The maximum absolute atomic E-state index is 10.5. The molecule has 0 unspecified atom stereocenters. The molecule has 0 saturated carbocycles. The van der Waals surface area contributed by atoms with Gasteiger partial charge in [-0.05, 0) is 40.7 Å². The molecule has 5 N–H and O–H groups in total. The van der Waals surface area contributed by atoms with Crippen LogP contribution in [0.4, 0.5) is 0 Å². The summed E-state index contributed by atoms with van der Waals surface area (Å²) in [6.07, 6.45) is -3.83. The minimum Gasteiger partial charge on any atom is -0.394 e. The van der Waals surface area contributed by atoms with E-state index in [9.17, 15) is 20.4 Å². The Hall–Kier alpha value is -1.80. The van der Waals surface area contributed by atoms with Crippen LogP contribution in [0.1, 0.15) is 46.9 Å². The number of hydrogen-bond donors (Lipinski definition) is 5. The summed E-state index contributed by atoms with van der Waals surface area (Å²) in [4.78, 5) is 0. The maximum atomic E-state index is 10.5. The monoisotopic (exact) mass is 399 g/mol. The zero-order valence-corrected chi connectivity index (χ0v) is 16.5. The molecule has 0 radical (unpaired) electrons. The van der Waals surface area contributed by atoms with Crippen molar-refractivity contribution in [3.05, 3.63) is 70.3 Å². The van der Waals surface area contributed by atoms with E-state index in [1.807, 2.05) is 18.2 Å². The SMILES string of the molecule is CCc1ccc([C@@H]2NCCc3ccc([C@@H]4O[C@H](CO)[C@@H](O)[C@H](O)[C@H]4O)cc32)cc1. The Morgan fingerprint density at radius 3 is 2.38 bits per heavy atom. The second-order valence-corrected chi connectivity index (χ2v) is 7.94. The van der Waals surface area contributed by atoms with Crippen LogP contribution in [0, 0.1) is 0 Å². The van der Waals surface area contributed by atoms with Gasteiger partial charge < -0.3 is 30.5 Å². The molecule has 2 aliphatic rings.